The molecule has 0 unspecified atom stereocenters. The van der Waals surface area contributed by atoms with Crippen LogP contribution in [-0.4, -0.2) is 14.2 Å². The summed E-state index contributed by atoms with van der Waals surface area (Å²) in [7, 11) is 3.23. The minimum atomic E-state index is 0.382. The zero-order valence-electron chi connectivity index (χ0n) is 12.1. The van der Waals surface area contributed by atoms with E-state index >= 15 is 0 Å². The van der Waals surface area contributed by atoms with Crippen molar-refractivity contribution in [3.05, 3.63) is 47.5 Å². The number of rotatable bonds is 6. The van der Waals surface area contributed by atoms with Crippen molar-refractivity contribution in [1.29, 1.82) is 0 Å². The van der Waals surface area contributed by atoms with E-state index in [-0.39, 0.29) is 0 Å². The van der Waals surface area contributed by atoms with E-state index in [0.29, 0.717) is 23.9 Å². The molecule has 0 fully saturated rings. The Bertz CT molecular complexity index is 616. The van der Waals surface area contributed by atoms with E-state index in [1.807, 2.05) is 30.3 Å². The molecule has 2 N–H and O–H groups in total. The normalized spacial score (nSPS) is 10.2. The molecule has 0 heterocycles. The van der Waals surface area contributed by atoms with Crippen LogP contribution in [0.2, 0.25) is 0 Å². The standard InChI is InChI=1S/C16H18ClNO3/c1-19-13-5-4-12(16(8-13)20-2)10-21-14-6-3-11(9-17)15(18)7-14/h3-8H,9-10,18H2,1-2H3. The van der Waals surface area contributed by atoms with Gasteiger partial charge in [0.05, 0.1) is 14.2 Å². The molecule has 21 heavy (non-hydrogen) atoms. The second-order valence-electron chi connectivity index (χ2n) is 4.46. The first-order chi connectivity index (χ1) is 10.2. The predicted octanol–water partition coefficient (Wildman–Crippen LogP) is 3.60. The molecule has 0 spiro atoms. The summed E-state index contributed by atoms with van der Waals surface area (Å²) in [5.74, 6) is 2.54. The van der Waals surface area contributed by atoms with Gasteiger partial charge in [0.15, 0.2) is 0 Å². The van der Waals surface area contributed by atoms with Gasteiger partial charge >= 0.3 is 0 Å². The van der Waals surface area contributed by atoms with Gasteiger partial charge in [-0.1, -0.05) is 6.07 Å². The summed E-state index contributed by atoms with van der Waals surface area (Å²) in [6.07, 6.45) is 0. The maximum atomic E-state index is 5.89. The van der Waals surface area contributed by atoms with E-state index in [0.717, 1.165) is 22.6 Å². The maximum absolute atomic E-state index is 5.89. The second kappa shape index (κ2) is 7.09. The Morgan fingerprint density at radius 2 is 1.67 bits per heavy atom. The zero-order chi connectivity index (χ0) is 15.2. The van der Waals surface area contributed by atoms with Crippen LogP contribution in [0, 0.1) is 0 Å². The van der Waals surface area contributed by atoms with Crippen molar-refractivity contribution in [1.82, 2.24) is 0 Å². The van der Waals surface area contributed by atoms with E-state index in [1.165, 1.54) is 0 Å². The van der Waals surface area contributed by atoms with Crippen molar-refractivity contribution in [2.24, 2.45) is 0 Å². The molecular weight excluding hydrogens is 290 g/mol. The summed E-state index contributed by atoms with van der Waals surface area (Å²) in [4.78, 5) is 0. The molecule has 0 saturated carbocycles. The summed E-state index contributed by atoms with van der Waals surface area (Å²) in [5, 5.41) is 0. The number of hydrogen-bond donors (Lipinski definition) is 1. The maximum Gasteiger partial charge on any atom is 0.129 e. The lowest BCUT2D eigenvalue weighted by Gasteiger charge is -2.12. The summed E-state index contributed by atoms with van der Waals surface area (Å²) in [6, 6.07) is 11.1. The van der Waals surface area contributed by atoms with E-state index in [2.05, 4.69) is 0 Å². The van der Waals surface area contributed by atoms with Crippen LogP contribution in [0.15, 0.2) is 36.4 Å². The summed E-state index contributed by atoms with van der Waals surface area (Å²) in [5.41, 5.74) is 8.34. The molecule has 2 aromatic rings. The van der Waals surface area contributed by atoms with Gasteiger partial charge in [0.1, 0.15) is 23.9 Å². The molecule has 0 amide bonds. The fraction of sp³-hybridized carbons (Fsp3) is 0.250. The molecule has 0 atom stereocenters. The summed E-state index contributed by atoms with van der Waals surface area (Å²) >= 11 is 5.78. The third-order valence-corrected chi connectivity index (χ3v) is 3.44. The highest BCUT2D eigenvalue weighted by atomic mass is 35.5. The molecule has 2 aromatic carbocycles. The third-order valence-electron chi connectivity index (χ3n) is 3.15. The van der Waals surface area contributed by atoms with Gasteiger partial charge in [-0.2, -0.15) is 0 Å². The van der Waals surface area contributed by atoms with E-state index in [4.69, 9.17) is 31.5 Å². The van der Waals surface area contributed by atoms with Gasteiger partial charge in [-0.05, 0) is 23.8 Å². The fourth-order valence-corrected chi connectivity index (χ4v) is 2.16. The minimum absolute atomic E-state index is 0.382. The van der Waals surface area contributed by atoms with E-state index in [9.17, 15) is 0 Å². The molecule has 0 bridgehead atoms. The second-order valence-corrected chi connectivity index (χ2v) is 4.73. The van der Waals surface area contributed by atoms with Crippen molar-refractivity contribution >= 4 is 17.3 Å². The highest BCUT2D eigenvalue weighted by Gasteiger charge is 2.07. The molecule has 0 aromatic heterocycles. The van der Waals surface area contributed by atoms with Gasteiger partial charge in [0, 0.05) is 29.3 Å². The first-order valence-electron chi connectivity index (χ1n) is 6.46. The van der Waals surface area contributed by atoms with Crippen LogP contribution in [0.4, 0.5) is 5.69 Å². The topological polar surface area (TPSA) is 53.7 Å². The smallest absolute Gasteiger partial charge is 0.129 e. The monoisotopic (exact) mass is 307 g/mol. The highest BCUT2D eigenvalue weighted by molar-refractivity contribution is 6.17. The van der Waals surface area contributed by atoms with Crippen molar-refractivity contribution < 1.29 is 14.2 Å². The van der Waals surface area contributed by atoms with Crippen molar-refractivity contribution in [2.45, 2.75) is 12.5 Å². The van der Waals surface area contributed by atoms with Crippen LogP contribution in [-0.2, 0) is 12.5 Å². The molecule has 4 nitrogen and oxygen atoms in total. The number of hydrogen-bond acceptors (Lipinski definition) is 4. The predicted molar refractivity (Wildman–Crippen MR) is 84.3 cm³/mol. The Hall–Kier alpha value is -2.07. The molecule has 0 radical (unpaired) electrons. The molecule has 0 saturated heterocycles. The van der Waals surface area contributed by atoms with Crippen molar-refractivity contribution in [2.75, 3.05) is 20.0 Å². The Morgan fingerprint density at radius 3 is 2.29 bits per heavy atom. The molecule has 5 heteroatoms. The van der Waals surface area contributed by atoms with E-state index in [1.54, 1.807) is 20.3 Å². The first kappa shape index (κ1) is 15.3. The Morgan fingerprint density at radius 1 is 0.952 bits per heavy atom. The van der Waals surface area contributed by atoms with Gasteiger partial charge in [-0.15, -0.1) is 11.6 Å². The molecule has 0 aliphatic rings. The Balaban J connectivity index is 2.10. The van der Waals surface area contributed by atoms with Crippen molar-refractivity contribution in [3.63, 3.8) is 0 Å². The summed E-state index contributed by atoms with van der Waals surface area (Å²) in [6.45, 7) is 0.382. The molecule has 2 rings (SSSR count). The van der Waals surface area contributed by atoms with Crippen LogP contribution in [0.25, 0.3) is 0 Å². The lowest BCUT2D eigenvalue weighted by atomic mass is 10.2. The number of benzene rings is 2. The number of methoxy groups -OCH3 is 2. The van der Waals surface area contributed by atoms with E-state index < -0.39 is 0 Å². The Labute approximate surface area is 129 Å². The average Bonchev–Trinajstić information content (AvgIpc) is 2.52. The van der Waals surface area contributed by atoms with Gasteiger partial charge in [0.25, 0.3) is 0 Å². The summed E-state index contributed by atoms with van der Waals surface area (Å²) < 4.78 is 16.2. The van der Waals surface area contributed by atoms with Crippen LogP contribution in [0.5, 0.6) is 17.2 Å². The molecule has 112 valence electrons. The molecule has 0 aliphatic carbocycles. The average molecular weight is 308 g/mol. The minimum Gasteiger partial charge on any atom is -0.497 e. The van der Waals surface area contributed by atoms with Crippen LogP contribution >= 0.6 is 11.6 Å². The first-order valence-corrected chi connectivity index (χ1v) is 6.99. The number of nitrogen functional groups attached to an aromatic ring is 1. The fourth-order valence-electron chi connectivity index (χ4n) is 1.92. The van der Waals surface area contributed by atoms with Crippen LogP contribution in [0.1, 0.15) is 11.1 Å². The lowest BCUT2D eigenvalue weighted by Crippen LogP contribution is -2.00. The van der Waals surface area contributed by atoms with Crippen molar-refractivity contribution in [3.8, 4) is 17.2 Å². The van der Waals surface area contributed by atoms with Gasteiger partial charge in [-0.3, -0.25) is 0 Å². The number of nitrogens with two attached hydrogens (primary N) is 1. The van der Waals surface area contributed by atoms with Gasteiger partial charge in [-0.25, -0.2) is 0 Å². The van der Waals surface area contributed by atoms with Gasteiger partial charge < -0.3 is 19.9 Å². The number of halogens is 1. The third kappa shape index (κ3) is 3.73. The largest absolute Gasteiger partial charge is 0.497 e. The zero-order valence-corrected chi connectivity index (χ0v) is 12.8. The van der Waals surface area contributed by atoms with Crippen LogP contribution < -0.4 is 19.9 Å². The quantitative estimate of drug-likeness (QED) is 0.654. The number of anilines is 1. The van der Waals surface area contributed by atoms with Crippen LogP contribution in [0.3, 0.4) is 0 Å². The van der Waals surface area contributed by atoms with Gasteiger partial charge in [0.2, 0.25) is 0 Å². The number of ether oxygens (including phenoxy) is 3. The molecular formula is C16H18ClNO3. The lowest BCUT2D eigenvalue weighted by molar-refractivity contribution is 0.296. The highest BCUT2D eigenvalue weighted by Crippen LogP contribution is 2.27. The Kier molecular flexibility index (Phi) is 5.17. The SMILES string of the molecule is COc1ccc(COc2ccc(CCl)c(N)c2)c(OC)c1. The number of alkyl halides is 1. The molecule has 0 aliphatic heterocycles.